The summed E-state index contributed by atoms with van der Waals surface area (Å²) >= 11 is 3.34. The molecule has 0 aliphatic carbocycles. The molecule has 0 unspecified atom stereocenters. The smallest absolute Gasteiger partial charge is 0.251 e. The van der Waals surface area contributed by atoms with Gasteiger partial charge in [0.15, 0.2) is 0 Å². The topological polar surface area (TPSA) is 62.6 Å². The number of piperidine rings is 1. The van der Waals surface area contributed by atoms with Crippen LogP contribution in [0.1, 0.15) is 36.5 Å². The van der Waals surface area contributed by atoms with Gasteiger partial charge in [-0.25, -0.2) is 0 Å². The van der Waals surface area contributed by atoms with Gasteiger partial charge in [0, 0.05) is 41.9 Å². The summed E-state index contributed by atoms with van der Waals surface area (Å²) in [6.07, 6.45) is 2.41. The van der Waals surface area contributed by atoms with Gasteiger partial charge in [-0.15, -0.1) is 0 Å². The maximum absolute atomic E-state index is 11.9. The van der Waals surface area contributed by atoms with Crippen LogP contribution in [0.5, 0.6) is 0 Å². The number of amides is 2. The minimum Gasteiger partial charge on any atom is -0.353 e. The number of nitrogens with one attached hydrogen (secondary N) is 3. The molecule has 126 valence electrons. The van der Waals surface area contributed by atoms with E-state index in [2.05, 4.69) is 33.5 Å². The van der Waals surface area contributed by atoms with Gasteiger partial charge in [0.1, 0.15) is 0 Å². The summed E-state index contributed by atoms with van der Waals surface area (Å²) in [6, 6.07) is 7.45. The zero-order valence-corrected chi connectivity index (χ0v) is 15.1. The van der Waals surface area contributed by atoms with E-state index in [1.807, 2.05) is 12.1 Å². The Bertz CT molecular complexity index is 525. The van der Waals surface area contributed by atoms with Crippen LogP contribution < -0.4 is 15.5 Å². The van der Waals surface area contributed by atoms with Crippen molar-refractivity contribution < 1.29 is 14.5 Å². The summed E-state index contributed by atoms with van der Waals surface area (Å²) in [7, 11) is 0. The summed E-state index contributed by atoms with van der Waals surface area (Å²) in [6.45, 7) is 5.97. The average Bonchev–Trinajstić information content (AvgIpc) is 2.56. The first-order chi connectivity index (χ1) is 11.1. The van der Waals surface area contributed by atoms with Crippen LogP contribution in [-0.4, -0.2) is 44.0 Å². The molecule has 3 N–H and O–H groups in total. The SMILES string of the molecule is CC[NH+]1CCC(NC(=O)CCNC(=O)c2ccc(Br)cc2)CC1. The molecule has 1 aromatic carbocycles. The molecule has 0 atom stereocenters. The van der Waals surface area contributed by atoms with E-state index in [-0.39, 0.29) is 11.8 Å². The van der Waals surface area contributed by atoms with Gasteiger partial charge in [-0.05, 0) is 31.2 Å². The molecular weight excluding hydrogens is 358 g/mol. The summed E-state index contributed by atoms with van der Waals surface area (Å²) in [5.74, 6) is -0.129. The molecule has 2 amide bonds. The second-order valence-electron chi connectivity index (χ2n) is 5.96. The van der Waals surface area contributed by atoms with Gasteiger partial charge < -0.3 is 15.5 Å². The second-order valence-corrected chi connectivity index (χ2v) is 6.87. The summed E-state index contributed by atoms with van der Waals surface area (Å²) in [5.41, 5.74) is 0.600. The first kappa shape index (κ1) is 17.9. The quantitative estimate of drug-likeness (QED) is 0.679. The monoisotopic (exact) mass is 382 g/mol. The fourth-order valence-corrected chi connectivity index (χ4v) is 3.08. The largest absolute Gasteiger partial charge is 0.353 e. The highest BCUT2D eigenvalue weighted by Gasteiger charge is 2.21. The summed E-state index contributed by atoms with van der Waals surface area (Å²) in [4.78, 5) is 25.5. The lowest BCUT2D eigenvalue weighted by Gasteiger charge is -2.28. The fourth-order valence-electron chi connectivity index (χ4n) is 2.82. The van der Waals surface area contributed by atoms with Crippen LogP contribution in [0, 0.1) is 0 Å². The van der Waals surface area contributed by atoms with Crippen LogP contribution in [0.2, 0.25) is 0 Å². The second kappa shape index (κ2) is 9.03. The van der Waals surface area contributed by atoms with Crippen molar-refractivity contribution in [3.8, 4) is 0 Å². The molecule has 0 aromatic heterocycles. The van der Waals surface area contributed by atoms with Crippen LogP contribution in [0.3, 0.4) is 0 Å². The van der Waals surface area contributed by atoms with E-state index in [0.717, 1.165) is 36.9 Å². The van der Waals surface area contributed by atoms with E-state index in [9.17, 15) is 9.59 Å². The number of hydrogen-bond acceptors (Lipinski definition) is 2. The van der Waals surface area contributed by atoms with Crippen molar-refractivity contribution in [3.63, 3.8) is 0 Å². The zero-order valence-electron chi connectivity index (χ0n) is 13.5. The van der Waals surface area contributed by atoms with Crippen molar-refractivity contribution in [2.75, 3.05) is 26.2 Å². The standard InChI is InChI=1S/C17H24BrN3O2/c1-2-21-11-8-15(9-12-21)20-16(22)7-10-19-17(23)13-3-5-14(18)6-4-13/h3-6,15H,2,7-12H2,1H3,(H,19,23)(H,20,22)/p+1. The molecule has 0 saturated carbocycles. The van der Waals surface area contributed by atoms with E-state index < -0.39 is 0 Å². The molecule has 6 heteroatoms. The van der Waals surface area contributed by atoms with Crippen molar-refractivity contribution >= 4 is 27.7 Å². The molecule has 23 heavy (non-hydrogen) atoms. The molecule has 5 nitrogen and oxygen atoms in total. The average molecular weight is 383 g/mol. The van der Waals surface area contributed by atoms with Crippen LogP contribution in [0.15, 0.2) is 28.7 Å². The van der Waals surface area contributed by atoms with Gasteiger partial charge in [0.2, 0.25) is 5.91 Å². The van der Waals surface area contributed by atoms with Crippen molar-refractivity contribution in [3.05, 3.63) is 34.3 Å². The highest BCUT2D eigenvalue weighted by molar-refractivity contribution is 9.10. The number of likely N-dealkylation sites (tertiary alicyclic amines) is 1. The number of benzene rings is 1. The van der Waals surface area contributed by atoms with E-state index in [1.54, 1.807) is 17.0 Å². The number of carbonyl (C=O) groups is 2. The molecule has 1 fully saturated rings. The highest BCUT2D eigenvalue weighted by Crippen LogP contribution is 2.10. The number of quaternary nitrogens is 1. The number of halogens is 1. The molecule has 0 bridgehead atoms. The lowest BCUT2D eigenvalue weighted by Crippen LogP contribution is -3.13. The molecule has 1 aliphatic heterocycles. The minimum atomic E-state index is -0.148. The van der Waals surface area contributed by atoms with E-state index in [0.29, 0.717) is 24.6 Å². The Morgan fingerprint density at radius 2 is 1.87 bits per heavy atom. The molecule has 0 spiro atoms. The molecule has 2 rings (SSSR count). The number of carbonyl (C=O) groups excluding carboxylic acids is 2. The summed E-state index contributed by atoms with van der Waals surface area (Å²) in [5, 5.41) is 5.86. The van der Waals surface area contributed by atoms with Gasteiger partial charge in [-0.3, -0.25) is 9.59 Å². The predicted molar refractivity (Wildman–Crippen MR) is 93.5 cm³/mol. The van der Waals surface area contributed by atoms with E-state index in [4.69, 9.17) is 0 Å². The van der Waals surface area contributed by atoms with Crippen LogP contribution in [0.25, 0.3) is 0 Å². The molecule has 1 aromatic rings. The summed E-state index contributed by atoms with van der Waals surface area (Å²) < 4.78 is 0.935. The Kier molecular flexibility index (Phi) is 7.05. The Morgan fingerprint density at radius 3 is 2.48 bits per heavy atom. The molecule has 1 aliphatic rings. The third-order valence-corrected chi connectivity index (χ3v) is 4.83. The zero-order chi connectivity index (χ0) is 16.7. The predicted octanol–water partition coefficient (Wildman–Crippen LogP) is 0.752. The molecule has 1 saturated heterocycles. The van der Waals surface area contributed by atoms with Crippen molar-refractivity contribution in [1.82, 2.24) is 10.6 Å². The Labute approximate surface area is 145 Å². The van der Waals surface area contributed by atoms with E-state index >= 15 is 0 Å². The van der Waals surface area contributed by atoms with Gasteiger partial charge in [0.05, 0.1) is 19.6 Å². The van der Waals surface area contributed by atoms with E-state index in [1.165, 1.54) is 0 Å². The molecule has 1 heterocycles. The first-order valence-corrected chi connectivity index (χ1v) is 9.04. The third-order valence-electron chi connectivity index (χ3n) is 4.30. The minimum absolute atomic E-state index is 0.0195. The molecular formula is C17H25BrN3O2+. The first-order valence-electron chi connectivity index (χ1n) is 8.25. The van der Waals surface area contributed by atoms with Crippen molar-refractivity contribution in [2.24, 2.45) is 0 Å². The number of hydrogen-bond donors (Lipinski definition) is 3. The lowest BCUT2D eigenvalue weighted by atomic mass is 10.0. The Hall–Kier alpha value is -1.40. The van der Waals surface area contributed by atoms with Gasteiger partial charge >= 0.3 is 0 Å². The lowest BCUT2D eigenvalue weighted by molar-refractivity contribution is -0.903. The van der Waals surface area contributed by atoms with Gasteiger partial charge in [-0.1, -0.05) is 15.9 Å². The van der Waals surface area contributed by atoms with Gasteiger partial charge in [0.25, 0.3) is 5.91 Å². The Balaban J connectivity index is 1.65. The van der Waals surface area contributed by atoms with Crippen molar-refractivity contribution in [2.45, 2.75) is 32.2 Å². The maximum atomic E-state index is 11.9. The molecule has 0 radical (unpaired) electrons. The fraction of sp³-hybridized carbons (Fsp3) is 0.529. The maximum Gasteiger partial charge on any atom is 0.251 e. The van der Waals surface area contributed by atoms with Crippen LogP contribution in [-0.2, 0) is 4.79 Å². The Morgan fingerprint density at radius 1 is 1.22 bits per heavy atom. The van der Waals surface area contributed by atoms with Crippen LogP contribution in [0.4, 0.5) is 0 Å². The van der Waals surface area contributed by atoms with Crippen LogP contribution >= 0.6 is 15.9 Å². The normalized spacial score (nSPS) is 20.8. The number of rotatable bonds is 6. The van der Waals surface area contributed by atoms with Crippen molar-refractivity contribution in [1.29, 1.82) is 0 Å². The highest BCUT2D eigenvalue weighted by atomic mass is 79.9. The third kappa shape index (κ3) is 5.95. The van der Waals surface area contributed by atoms with Gasteiger partial charge in [-0.2, -0.15) is 0 Å².